The van der Waals surface area contributed by atoms with Crippen LogP contribution in [0.25, 0.3) is 0 Å². The molecule has 0 amide bonds. The molecule has 1 aliphatic heterocycles. The van der Waals surface area contributed by atoms with Crippen LogP contribution in [0.3, 0.4) is 0 Å². The second-order valence-electron chi connectivity index (χ2n) is 4.61. The number of sulfonamides is 1. The maximum absolute atomic E-state index is 13.2. The van der Waals surface area contributed by atoms with E-state index in [9.17, 15) is 17.6 Å². The van der Waals surface area contributed by atoms with Gasteiger partial charge in [0.15, 0.2) is 0 Å². The lowest BCUT2D eigenvalue weighted by Crippen LogP contribution is -2.48. The summed E-state index contributed by atoms with van der Waals surface area (Å²) >= 11 is 0. The second kappa shape index (κ2) is 5.88. The molecule has 1 aromatic carbocycles. The van der Waals surface area contributed by atoms with Crippen molar-refractivity contribution in [3.63, 3.8) is 0 Å². The Bertz CT molecular complexity index is 602. The van der Waals surface area contributed by atoms with Gasteiger partial charge in [0.05, 0.1) is 12.0 Å². The predicted octanol–water partition coefficient (Wildman–Crippen LogP) is 1.54. The number of halogens is 1. The van der Waals surface area contributed by atoms with E-state index in [1.807, 2.05) is 0 Å². The molecule has 7 heteroatoms. The molecule has 0 aliphatic carbocycles. The standard InChI is InChI=1S/C13H16FNO4S/c1-19-13(16)12-7-2-3-8-15(12)20(17,18)11-6-4-5-10(14)9-11/h4-6,9,12H,2-3,7-8H2,1H3/t12-/m1/s1. The minimum atomic E-state index is -3.90. The molecule has 1 saturated heterocycles. The number of methoxy groups -OCH3 is 1. The van der Waals surface area contributed by atoms with Crippen LogP contribution < -0.4 is 0 Å². The van der Waals surface area contributed by atoms with Crippen molar-refractivity contribution < 1.29 is 22.3 Å². The highest BCUT2D eigenvalue weighted by Crippen LogP contribution is 2.26. The van der Waals surface area contributed by atoms with Crippen molar-refractivity contribution in [2.45, 2.75) is 30.2 Å². The molecular weight excluding hydrogens is 285 g/mol. The minimum absolute atomic E-state index is 0.145. The van der Waals surface area contributed by atoms with Gasteiger partial charge in [-0.1, -0.05) is 6.07 Å². The summed E-state index contributed by atoms with van der Waals surface area (Å²) in [6.45, 7) is 0.235. The fourth-order valence-corrected chi connectivity index (χ4v) is 4.01. The number of hydrogen-bond acceptors (Lipinski definition) is 4. The smallest absolute Gasteiger partial charge is 0.324 e. The highest BCUT2D eigenvalue weighted by atomic mass is 32.2. The van der Waals surface area contributed by atoms with Crippen LogP contribution in [0, 0.1) is 5.82 Å². The van der Waals surface area contributed by atoms with Crippen molar-refractivity contribution in [2.24, 2.45) is 0 Å². The van der Waals surface area contributed by atoms with Gasteiger partial charge in [0.1, 0.15) is 11.9 Å². The Morgan fingerprint density at radius 1 is 1.40 bits per heavy atom. The van der Waals surface area contributed by atoms with E-state index in [0.717, 1.165) is 16.8 Å². The second-order valence-corrected chi connectivity index (χ2v) is 6.50. The Balaban J connectivity index is 2.38. The summed E-state index contributed by atoms with van der Waals surface area (Å²) in [4.78, 5) is 11.6. The normalized spacial score (nSPS) is 20.6. The van der Waals surface area contributed by atoms with E-state index < -0.39 is 27.9 Å². The summed E-state index contributed by atoms with van der Waals surface area (Å²) < 4.78 is 44.0. The van der Waals surface area contributed by atoms with E-state index in [4.69, 9.17) is 0 Å². The van der Waals surface area contributed by atoms with Crippen LogP contribution in [0.15, 0.2) is 29.2 Å². The monoisotopic (exact) mass is 301 g/mol. The van der Waals surface area contributed by atoms with Crippen molar-refractivity contribution in [3.05, 3.63) is 30.1 Å². The Labute approximate surface area is 117 Å². The van der Waals surface area contributed by atoms with Gasteiger partial charge in [-0.2, -0.15) is 4.31 Å². The first kappa shape index (κ1) is 14.9. The van der Waals surface area contributed by atoms with Crippen LogP contribution in [0.2, 0.25) is 0 Å². The fourth-order valence-electron chi connectivity index (χ4n) is 2.33. The molecule has 5 nitrogen and oxygen atoms in total. The van der Waals surface area contributed by atoms with Crippen molar-refractivity contribution in [1.29, 1.82) is 0 Å². The maximum atomic E-state index is 13.2. The first-order valence-electron chi connectivity index (χ1n) is 6.32. The Morgan fingerprint density at radius 3 is 2.80 bits per heavy atom. The lowest BCUT2D eigenvalue weighted by Gasteiger charge is -2.32. The van der Waals surface area contributed by atoms with Gasteiger partial charge in [0, 0.05) is 6.54 Å². The molecule has 0 unspecified atom stereocenters. The van der Waals surface area contributed by atoms with Gasteiger partial charge in [0.25, 0.3) is 0 Å². The minimum Gasteiger partial charge on any atom is -0.468 e. The molecule has 0 bridgehead atoms. The molecule has 1 fully saturated rings. The molecule has 0 aromatic heterocycles. The molecule has 0 saturated carbocycles. The number of piperidine rings is 1. The van der Waals surface area contributed by atoms with E-state index in [-0.39, 0.29) is 11.4 Å². The van der Waals surface area contributed by atoms with Gasteiger partial charge < -0.3 is 4.74 Å². The molecule has 1 atom stereocenters. The molecular formula is C13H16FNO4S. The van der Waals surface area contributed by atoms with Crippen LogP contribution >= 0.6 is 0 Å². The van der Waals surface area contributed by atoms with Crippen molar-refractivity contribution >= 4 is 16.0 Å². The molecule has 1 aromatic rings. The average molecular weight is 301 g/mol. The zero-order valence-corrected chi connectivity index (χ0v) is 11.9. The van der Waals surface area contributed by atoms with Crippen molar-refractivity contribution in [3.8, 4) is 0 Å². The van der Waals surface area contributed by atoms with E-state index in [1.54, 1.807) is 0 Å². The van der Waals surface area contributed by atoms with Crippen LogP contribution in [-0.2, 0) is 19.6 Å². The third-order valence-corrected chi connectivity index (χ3v) is 5.23. The zero-order chi connectivity index (χ0) is 14.8. The van der Waals surface area contributed by atoms with Crippen LogP contribution in [0.1, 0.15) is 19.3 Å². The van der Waals surface area contributed by atoms with Crippen molar-refractivity contribution in [1.82, 2.24) is 4.31 Å². The highest BCUT2D eigenvalue weighted by Gasteiger charge is 2.38. The lowest BCUT2D eigenvalue weighted by atomic mass is 10.1. The summed E-state index contributed by atoms with van der Waals surface area (Å²) in [7, 11) is -2.67. The maximum Gasteiger partial charge on any atom is 0.324 e. The summed E-state index contributed by atoms with van der Waals surface area (Å²) in [5.74, 6) is -1.21. The highest BCUT2D eigenvalue weighted by molar-refractivity contribution is 7.89. The Hall–Kier alpha value is -1.47. The fraction of sp³-hybridized carbons (Fsp3) is 0.462. The van der Waals surface area contributed by atoms with Crippen LogP contribution in [-0.4, -0.2) is 38.4 Å². The molecule has 0 spiro atoms. The van der Waals surface area contributed by atoms with E-state index in [1.165, 1.54) is 25.3 Å². The number of carbonyl (C=O) groups excluding carboxylic acids is 1. The molecule has 1 heterocycles. The number of hydrogen-bond donors (Lipinski definition) is 0. The number of rotatable bonds is 3. The summed E-state index contributed by atoms with van der Waals surface area (Å²) in [5.41, 5.74) is 0. The van der Waals surface area contributed by atoms with Gasteiger partial charge in [0.2, 0.25) is 10.0 Å². The number of nitrogens with zero attached hydrogens (tertiary/aromatic N) is 1. The summed E-state index contributed by atoms with van der Waals surface area (Å²) in [5, 5.41) is 0. The molecule has 0 N–H and O–H groups in total. The van der Waals surface area contributed by atoms with E-state index in [2.05, 4.69) is 4.74 Å². The summed E-state index contributed by atoms with van der Waals surface area (Å²) in [6, 6.07) is 3.95. The number of benzene rings is 1. The third-order valence-electron chi connectivity index (χ3n) is 3.33. The van der Waals surface area contributed by atoms with Gasteiger partial charge >= 0.3 is 5.97 Å². The topological polar surface area (TPSA) is 63.7 Å². The van der Waals surface area contributed by atoms with E-state index >= 15 is 0 Å². The quantitative estimate of drug-likeness (QED) is 0.795. The Kier molecular flexibility index (Phi) is 4.39. The zero-order valence-electron chi connectivity index (χ0n) is 11.1. The predicted molar refractivity (Wildman–Crippen MR) is 69.9 cm³/mol. The van der Waals surface area contributed by atoms with Gasteiger partial charge in [-0.05, 0) is 37.5 Å². The largest absolute Gasteiger partial charge is 0.468 e. The number of esters is 1. The van der Waals surface area contributed by atoms with Gasteiger partial charge in [-0.15, -0.1) is 0 Å². The average Bonchev–Trinajstić information content (AvgIpc) is 2.46. The molecule has 0 radical (unpaired) electrons. The third kappa shape index (κ3) is 2.83. The van der Waals surface area contributed by atoms with Crippen LogP contribution in [0.4, 0.5) is 4.39 Å². The first-order chi connectivity index (χ1) is 9.46. The summed E-state index contributed by atoms with van der Waals surface area (Å²) in [6.07, 6.45) is 1.85. The van der Waals surface area contributed by atoms with Crippen molar-refractivity contribution in [2.75, 3.05) is 13.7 Å². The molecule has 20 heavy (non-hydrogen) atoms. The molecule has 110 valence electrons. The lowest BCUT2D eigenvalue weighted by molar-refractivity contribution is -0.146. The van der Waals surface area contributed by atoms with Crippen LogP contribution in [0.5, 0.6) is 0 Å². The first-order valence-corrected chi connectivity index (χ1v) is 7.76. The number of carbonyl (C=O) groups is 1. The Morgan fingerprint density at radius 2 is 2.15 bits per heavy atom. The SMILES string of the molecule is COC(=O)[C@H]1CCCCN1S(=O)(=O)c1cccc(F)c1. The van der Waals surface area contributed by atoms with Gasteiger partial charge in [-0.25, -0.2) is 12.8 Å². The number of ether oxygens (including phenoxy) is 1. The van der Waals surface area contributed by atoms with Gasteiger partial charge in [-0.3, -0.25) is 4.79 Å². The molecule has 2 rings (SSSR count). The molecule has 1 aliphatic rings. The van der Waals surface area contributed by atoms with E-state index in [0.29, 0.717) is 12.8 Å².